The van der Waals surface area contributed by atoms with Crippen LogP contribution in [0.5, 0.6) is 0 Å². The predicted molar refractivity (Wildman–Crippen MR) is 85.9 cm³/mol. The number of Topliss-reactive ketones (excluding diaryl/α,β-unsaturated/α-hetero) is 1. The van der Waals surface area contributed by atoms with Gasteiger partial charge in [-0.1, -0.05) is 13.8 Å². The Morgan fingerprint density at radius 2 is 1.67 bits per heavy atom. The van der Waals surface area contributed by atoms with Crippen LogP contribution >= 0.6 is 0 Å². The lowest BCUT2D eigenvalue weighted by atomic mass is 9.71. The second-order valence-electron chi connectivity index (χ2n) is 7.05. The molecule has 7 nitrogen and oxygen atoms in total. The highest BCUT2D eigenvalue weighted by atomic mass is 16.4. The Labute approximate surface area is 141 Å². The van der Waals surface area contributed by atoms with Gasteiger partial charge >= 0.3 is 0 Å². The number of aliphatic carboxylic acids is 1. The standard InChI is InChI=1S/C15H23NO4.C2H4O2/c1-8-3-9(2)15(20)11(4-8)12(17)5-10-6-13(18)16-14(19)7-10;1-2(3)4/h8-12,17H,3-7H2,1-2H3,(H,16,18,19);1H3,(H,3,4)/t8-,9-,11-,12+;/m0./s1. The summed E-state index contributed by atoms with van der Waals surface area (Å²) >= 11 is 0. The van der Waals surface area contributed by atoms with Crippen molar-refractivity contribution < 1.29 is 29.4 Å². The average Bonchev–Trinajstić information content (AvgIpc) is 2.40. The van der Waals surface area contributed by atoms with Gasteiger partial charge in [-0.25, -0.2) is 0 Å². The number of rotatable bonds is 3. The fraction of sp³-hybridized carbons (Fsp3) is 0.765. The molecular formula is C17H27NO6. The number of carboxylic acids is 1. The van der Waals surface area contributed by atoms with Crippen LogP contribution in [0.3, 0.4) is 0 Å². The number of aliphatic hydroxyl groups is 1. The lowest BCUT2D eigenvalue weighted by Crippen LogP contribution is -2.42. The van der Waals surface area contributed by atoms with Gasteiger partial charge in [0.2, 0.25) is 11.8 Å². The van der Waals surface area contributed by atoms with Crippen LogP contribution in [0.2, 0.25) is 0 Å². The largest absolute Gasteiger partial charge is 0.481 e. The van der Waals surface area contributed by atoms with Crippen molar-refractivity contribution in [3.63, 3.8) is 0 Å². The van der Waals surface area contributed by atoms with Gasteiger partial charge in [-0.2, -0.15) is 0 Å². The molecule has 0 bridgehead atoms. The highest BCUT2D eigenvalue weighted by Crippen LogP contribution is 2.34. The Kier molecular flexibility index (Phi) is 7.54. The van der Waals surface area contributed by atoms with Gasteiger partial charge in [0.05, 0.1) is 6.10 Å². The first-order valence-electron chi connectivity index (χ1n) is 8.34. The summed E-state index contributed by atoms with van der Waals surface area (Å²) in [5.74, 6) is -1.33. The topological polar surface area (TPSA) is 121 Å². The molecule has 0 aromatic carbocycles. The fourth-order valence-electron chi connectivity index (χ4n) is 3.60. The molecule has 1 aliphatic heterocycles. The number of hydrogen-bond donors (Lipinski definition) is 3. The average molecular weight is 341 g/mol. The molecule has 24 heavy (non-hydrogen) atoms. The van der Waals surface area contributed by atoms with Crippen LogP contribution in [0.4, 0.5) is 0 Å². The Morgan fingerprint density at radius 1 is 1.17 bits per heavy atom. The van der Waals surface area contributed by atoms with E-state index in [0.29, 0.717) is 18.8 Å². The summed E-state index contributed by atoms with van der Waals surface area (Å²) in [5.41, 5.74) is 0. The molecule has 1 heterocycles. The first-order valence-corrected chi connectivity index (χ1v) is 8.34. The molecule has 2 fully saturated rings. The number of aliphatic hydroxyl groups excluding tert-OH is 1. The third kappa shape index (κ3) is 6.39. The lowest BCUT2D eigenvalue weighted by Gasteiger charge is -2.34. The summed E-state index contributed by atoms with van der Waals surface area (Å²) in [6.07, 6.45) is 1.72. The Morgan fingerprint density at radius 3 is 2.17 bits per heavy atom. The van der Waals surface area contributed by atoms with Crippen LogP contribution in [0, 0.1) is 23.7 Å². The molecule has 4 atom stereocenters. The normalized spacial score (nSPS) is 29.3. The number of carbonyl (C=O) groups excluding carboxylic acids is 3. The van der Waals surface area contributed by atoms with Gasteiger partial charge < -0.3 is 10.2 Å². The Bertz CT molecular complexity index is 483. The molecule has 2 aliphatic rings. The molecule has 7 heteroatoms. The maximum atomic E-state index is 12.2. The van der Waals surface area contributed by atoms with Crippen LogP contribution in [0.15, 0.2) is 0 Å². The molecule has 3 N–H and O–H groups in total. The van der Waals surface area contributed by atoms with Gasteiger partial charge in [-0.05, 0) is 31.1 Å². The zero-order valence-corrected chi connectivity index (χ0v) is 14.4. The van der Waals surface area contributed by atoms with Crippen LogP contribution in [0.25, 0.3) is 0 Å². The van der Waals surface area contributed by atoms with Gasteiger partial charge in [0, 0.05) is 31.6 Å². The van der Waals surface area contributed by atoms with Gasteiger partial charge in [-0.3, -0.25) is 24.5 Å². The van der Waals surface area contributed by atoms with E-state index in [2.05, 4.69) is 12.2 Å². The number of carbonyl (C=O) groups is 4. The third-order valence-corrected chi connectivity index (χ3v) is 4.53. The zero-order valence-electron chi connectivity index (χ0n) is 14.4. The van der Waals surface area contributed by atoms with Gasteiger partial charge in [0.1, 0.15) is 5.78 Å². The molecule has 136 valence electrons. The first-order chi connectivity index (χ1) is 11.1. The van der Waals surface area contributed by atoms with Crippen molar-refractivity contribution in [2.45, 2.75) is 59.0 Å². The van der Waals surface area contributed by atoms with E-state index in [1.165, 1.54) is 0 Å². The van der Waals surface area contributed by atoms with Crippen molar-refractivity contribution >= 4 is 23.6 Å². The molecule has 0 aromatic rings. The molecule has 2 amide bonds. The molecule has 0 unspecified atom stereocenters. The van der Waals surface area contributed by atoms with E-state index in [9.17, 15) is 19.5 Å². The number of amides is 2. The Hall–Kier alpha value is -1.76. The van der Waals surface area contributed by atoms with Crippen molar-refractivity contribution in [1.29, 1.82) is 0 Å². The van der Waals surface area contributed by atoms with Crippen molar-refractivity contribution in [2.75, 3.05) is 0 Å². The van der Waals surface area contributed by atoms with E-state index >= 15 is 0 Å². The summed E-state index contributed by atoms with van der Waals surface area (Å²) in [4.78, 5) is 43.8. The quantitative estimate of drug-likeness (QED) is 0.662. The monoisotopic (exact) mass is 341 g/mol. The molecule has 0 radical (unpaired) electrons. The number of imide groups is 1. The minimum atomic E-state index is -0.833. The number of nitrogens with one attached hydrogen (secondary N) is 1. The van der Waals surface area contributed by atoms with E-state index < -0.39 is 12.1 Å². The van der Waals surface area contributed by atoms with Crippen LogP contribution in [0.1, 0.15) is 52.9 Å². The molecule has 1 aliphatic carbocycles. The molecule has 1 saturated carbocycles. The van der Waals surface area contributed by atoms with Gasteiger partial charge in [0.25, 0.3) is 5.97 Å². The second-order valence-corrected chi connectivity index (χ2v) is 7.05. The smallest absolute Gasteiger partial charge is 0.300 e. The molecule has 0 aromatic heterocycles. The zero-order chi connectivity index (χ0) is 18.4. The van der Waals surface area contributed by atoms with E-state index in [1.54, 1.807) is 0 Å². The van der Waals surface area contributed by atoms with Gasteiger partial charge in [-0.15, -0.1) is 0 Å². The Balaban J connectivity index is 0.000000648. The van der Waals surface area contributed by atoms with E-state index in [0.717, 1.165) is 13.3 Å². The first kappa shape index (κ1) is 20.3. The molecule has 0 spiro atoms. The number of hydrogen-bond acceptors (Lipinski definition) is 5. The van der Waals surface area contributed by atoms with Crippen LogP contribution < -0.4 is 5.32 Å². The molecule has 1 saturated heterocycles. The summed E-state index contributed by atoms with van der Waals surface area (Å²) < 4.78 is 0. The van der Waals surface area contributed by atoms with Crippen LogP contribution in [-0.4, -0.2) is 39.9 Å². The number of carboxylic acid groups (broad SMARTS) is 1. The SMILES string of the molecule is CC(=O)O.C[C@@H]1C[C@@H]([C@H](O)CC2CC(=O)NC(=O)C2)C(=O)[C@@H](C)C1. The van der Waals surface area contributed by atoms with Gasteiger partial charge in [0.15, 0.2) is 0 Å². The highest BCUT2D eigenvalue weighted by molar-refractivity contribution is 5.97. The van der Waals surface area contributed by atoms with Crippen LogP contribution in [-0.2, 0) is 19.2 Å². The summed E-state index contributed by atoms with van der Waals surface area (Å²) in [5, 5.41) is 20.0. The molecular weight excluding hydrogens is 314 g/mol. The maximum Gasteiger partial charge on any atom is 0.300 e. The number of piperidine rings is 1. The third-order valence-electron chi connectivity index (χ3n) is 4.53. The predicted octanol–water partition coefficient (Wildman–Crippen LogP) is 1.13. The maximum absolute atomic E-state index is 12.2. The highest BCUT2D eigenvalue weighted by Gasteiger charge is 2.38. The molecule has 2 rings (SSSR count). The lowest BCUT2D eigenvalue weighted by molar-refractivity contribution is -0.137. The van der Waals surface area contributed by atoms with Crippen molar-refractivity contribution in [3.05, 3.63) is 0 Å². The summed E-state index contributed by atoms with van der Waals surface area (Å²) in [6, 6.07) is 0. The van der Waals surface area contributed by atoms with E-state index in [-0.39, 0.29) is 48.2 Å². The minimum absolute atomic E-state index is 0.00492. The summed E-state index contributed by atoms with van der Waals surface area (Å²) in [7, 11) is 0. The van der Waals surface area contributed by atoms with E-state index in [1.807, 2.05) is 6.92 Å². The van der Waals surface area contributed by atoms with E-state index in [4.69, 9.17) is 9.90 Å². The van der Waals surface area contributed by atoms with Crippen molar-refractivity contribution in [3.8, 4) is 0 Å². The minimum Gasteiger partial charge on any atom is -0.481 e. The fourth-order valence-corrected chi connectivity index (χ4v) is 3.60. The van der Waals surface area contributed by atoms with Crippen molar-refractivity contribution in [1.82, 2.24) is 5.32 Å². The number of ketones is 1. The van der Waals surface area contributed by atoms with Crippen molar-refractivity contribution in [2.24, 2.45) is 23.7 Å². The second kappa shape index (κ2) is 8.92. The summed E-state index contributed by atoms with van der Waals surface area (Å²) in [6.45, 7) is 5.09.